The van der Waals surface area contributed by atoms with Gasteiger partial charge in [-0.15, -0.1) is 0 Å². The summed E-state index contributed by atoms with van der Waals surface area (Å²) in [6.07, 6.45) is 8.77. The lowest BCUT2D eigenvalue weighted by atomic mass is 9.78. The maximum Gasteiger partial charge on any atom is 0.313 e. The summed E-state index contributed by atoms with van der Waals surface area (Å²) >= 11 is 0. The molecule has 29 heavy (non-hydrogen) atoms. The smallest absolute Gasteiger partial charge is 0.313 e. The zero-order chi connectivity index (χ0) is 20.6. The number of hydrogen-bond acceptors (Lipinski definition) is 6. The Morgan fingerprint density at radius 2 is 2.00 bits per heavy atom. The molecule has 1 N–H and O–H groups in total. The van der Waals surface area contributed by atoms with Gasteiger partial charge in [0.15, 0.2) is 0 Å². The van der Waals surface area contributed by atoms with Crippen molar-refractivity contribution in [2.75, 3.05) is 32.8 Å². The molecule has 158 valence electrons. The molecule has 2 saturated heterocycles. The van der Waals surface area contributed by atoms with Gasteiger partial charge in [-0.3, -0.25) is 14.4 Å². The lowest BCUT2D eigenvalue weighted by molar-refractivity contribution is -0.153. The number of esters is 1. The Bertz CT molecular complexity index is 749. The molecule has 0 aromatic carbocycles. The highest BCUT2D eigenvalue weighted by Crippen LogP contribution is 2.53. The molecule has 4 rings (SSSR count). The van der Waals surface area contributed by atoms with Crippen LogP contribution in [0, 0.1) is 11.8 Å². The lowest BCUT2D eigenvalue weighted by Crippen LogP contribution is -2.55. The van der Waals surface area contributed by atoms with Gasteiger partial charge in [-0.05, 0) is 18.9 Å². The largest absolute Gasteiger partial charge is 0.461 e. The third-order valence-electron chi connectivity index (χ3n) is 6.34. The Kier molecular flexibility index (Phi) is 5.48. The minimum absolute atomic E-state index is 0.0879. The molecular formula is C21H28N2O6. The summed E-state index contributed by atoms with van der Waals surface area (Å²) in [5.74, 6) is -2.49. The number of carbonyl (C=O) groups is 3. The highest BCUT2D eigenvalue weighted by Gasteiger charge is 2.71. The zero-order valence-corrected chi connectivity index (χ0v) is 16.7. The van der Waals surface area contributed by atoms with E-state index in [9.17, 15) is 19.5 Å². The molecule has 0 bridgehead atoms. The van der Waals surface area contributed by atoms with E-state index in [0.717, 1.165) is 12.8 Å². The van der Waals surface area contributed by atoms with Crippen LogP contribution in [0.2, 0.25) is 0 Å². The van der Waals surface area contributed by atoms with Gasteiger partial charge >= 0.3 is 5.97 Å². The molecule has 8 nitrogen and oxygen atoms in total. The van der Waals surface area contributed by atoms with Crippen LogP contribution in [0.15, 0.2) is 24.3 Å². The molecule has 1 spiro atoms. The number of fused-ring (bicyclic) bond motifs is 2. The second-order valence-electron chi connectivity index (χ2n) is 8.05. The Morgan fingerprint density at radius 1 is 1.17 bits per heavy atom. The van der Waals surface area contributed by atoms with Crippen molar-refractivity contribution in [1.29, 1.82) is 0 Å². The third kappa shape index (κ3) is 3.09. The second-order valence-corrected chi connectivity index (χ2v) is 8.05. The predicted octanol–water partition coefficient (Wildman–Crippen LogP) is 0.261. The molecule has 0 aromatic rings. The molecule has 4 aliphatic heterocycles. The van der Waals surface area contributed by atoms with E-state index < -0.39 is 35.6 Å². The Balaban J connectivity index is 1.77. The van der Waals surface area contributed by atoms with Gasteiger partial charge in [0.2, 0.25) is 11.8 Å². The van der Waals surface area contributed by atoms with Gasteiger partial charge in [0, 0.05) is 26.2 Å². The van der Waals surface area contributed by atoms with Gasteiger partial charge in [-0.2, -0.15) is 0 Å². The summed E-state index contributed by atoms with van der Waals surface area (Å²) in [7, 11) is 0. The van der Waals surface area contributed by atoms with E-state index >= 15 is 0 Å². The van der Waals surface area contributed by atoms with Crippen molar-refractivity contribution >= 4 is 17.8 Å². The number of carbonyl (C=O) groups excluding carboxylic acids is 3. The van der Waals surface area contributed by atoms with Gasteiger partial charge in [0.25, 0.3) is 0 Å². The maximum absolute atomic E-state index is 13.6. The van der Waals surface area contributed by atoms with Gasteiger partial charge in [-0.1, -0.05) is 31.6 Å². The Hall–Kier alpha value is -2.19. The lowest BCUT2D eigenvalue weighted by Gasteiger charge is -2.35. The van der Waals surface area contributed by atoms with E-state index in [4.69, 9.17) is 9.47 Å². The van der Waals surface area contributed by atoms with Gasteiger partial charge in [0.05, 0.1) is 12.0 Å². The number of hydrogen-bond donors (Lipinski definition) is 1. The quantitative estimate of drug-likeness (QED) is 0.504. The van der Waals surface area contributed by atoms with Crippen LogP contribution in [-0.2, 0) is 23.9 Å². The Labute approximate surface area is 170 Å². The van der Waals surface area contributed by atoms with Crippen molar-refractivity contribution < 1.29 is 29.0 Å². The molecule has 4 aliphatic rings. The van der Waals surface area contributed by atoms with Crippen molar-refractivity contribution in [2.24, 2.45) is 11.8 Å². The van der Waals surface area contributed by atoms with Crippen molar-refractivity contribution in [1.82, 2.24) is 9.80 Å². The van der Waals surface area contributed by atoms with Crippen LogP contribution in [0.1, 0.15) is 26.2 Å². The molecule has 2 fully saturated rings. The number of amides is 2. The molecule has 4 heterocycles. The number of ether oxygens (including phenoxy) is 2. The average molecular weight is 404 g/mol. The van der Waals surface area contributed by atoms with Crippen LogP contribution in [0.25, 0.3) is 0 Å². The second kappa shape index (κ2) is 7.91. The third-order valence-corrected chi connectivity index (χ3v) is 6.34. The van der Waals surface area contributed by atoms with Crippen LogP contribution >= 0.6 is 0 Å². The molecule has 2 amide bonds. The monoisotopic (exact) mass is 404 g/mol. The fraction of sp³-hybridized carbons (Fsp3) is 0.667. The summed E-state index contributed by atoms with van der Waals surface area (Å²) in [6.45, 7) is 3.42. The molecule has 8 heteroatoms. The first-order chi connectivity index (χ1) is 14.0. The van der Waals surface area contributed by atoms with Crippen LogP contribution in [0.4, 0.5) is 0 Å². The minimum atomic E-state index is -1.19. The predicted molar refractivity (Wildman–Crippen MR) is 103 cm³/mol. The molecule has 0 saturated carbocycles. The van der Waals surface area contributed by atoms with Crippen LogP contribution in [0.5, 0.6) is 0 Å². The number of rotatable bonds is 6. The first-order valence-electron chi connectivity index (χ1n) is 10.4. The Morgan fingerprint density at radius 3 is 2.76 bits per heavy atom. The first-order valence-corrected chi connectivity index (χ1v) is 10.4. The summed E-state index contributed by atoms with van der Waals surface area (Å²) in [5.41, 5.74) is -1.19. The topological polar surface area (TPSA) is 96.4 Å². The fourth-order valence-corrected chi connectivity index (χ4v) is 5.05. The van der Waals surface area contributed by atoms with Crippen LogP contribution in [-0.4, -0.2) is 83.3 Å². The molecule has 0 aromatic heterocycles. The van der Waals surface area contributed by atoms with Crippen molar-refractivity contribution in [3.05, 3.63) is 24.3 Å². The number of aliphatic hydroxyl groups is 1. The maximum atomic E-state index is 13.6. The standard InChI is InChI=1S/C21H28N2O6/c1-2-3-9-22-10-5-8-21-16(15-14(29-21)7-4-13-28-20(15)27)18(25)23(11-6-12-24)17(21)19(22)26/h4-5,7-8,14-17,24H,2-3,6,9-13H2,1H3/t14-,15+,16+,17?,21+/m1/s1. The van der Waals surface area contributed by atoms with E-state index in [1.165, 1.54) is 4.90 Å². The molecule has 5 atom stereocenters. The van der Waals surface area contributed by atoms with Crippen LogP contribution < -0.4 is 0 Å². The summed E-state index contributed by atoms with van der Waals surface area (Å²) < 4.78 is 11.6. The van der Waals surface area contributed by atoms with Crippen molar-refractivity contribution in [2.45, 2.75) is 43.9 Å². The number of nitrogens with zero attached hydrogens (tertiary/aromatic N) is 2. The van der Waals surface area contributed by atoms with Crippen molar-refractivity contribution in [3.8, 4) is 0 Å². The van der Waals surface area contributed by atoms with E-state index in [1.54, 1.807) is 17.1 Å². The van der Waals surface area contributed by atoms with E-state index in [-0.39, 0.29) is 31.6 Å². The average Bonchev–Trinajstić information content (AvgIpc) is 3.00. The number of cyclic esters (lactones) is 1. The van der Waals surface area contributed by atoms with E-state index in [2.05, 4.69) is 6.92 Å². The highest BCUT2D eigenvalue weighted by molar-refractivity contribution is 5.99. The van der Waals surface area contributed by atoms with E-state index in [0.29, 0.717) is 19.5 Å². The van der Waals surface area contributed by atoms with E-state index in [1.807, 2.05) is 12.2 Å². The highest BCUT2D eigenvalue weighted by atomic mass is 16.6. The fourth-order valence-electron chi connectivity index (χ4n) is 5.05. The van der Waals surface area contributed by atoms with Crippen molar-refractivity contribution in [3.63, 3.8) is 0 Å². The van der Waals surface area contributed by atoms with Gasteiger partial charge < -0.3 is 24.4 Å². The number of unbranched alkanes of at least 4 members (excludes halogenated alkanes) is 1. The molecule has 0 aliphatic carbocycles. The summed E-state index contributed by atoms with van der Waals surface area (Å²) in [4.78, 5) is 43.0. The minimum Gasteiger partial charge on any atom is -0.461 e. The molecule has 1 unspecified atom stereocenters. The summed E-state index contributed by atoms with van der Waals surface area (Å²) in [6, 6.07) is -0.838. The van der Waals surface area contributed by atoms with Gasteiger partial charge in [-0.25, -0.2) is 0 Å². The first kappa shape index (κ1) is 20.1. The van der Waals surface area contributed by atoms with Crippen LogP contribution in [0.3, 0.4) is 0 Å². The molecule has 0 radical (unpaired) electrons. The summed E-state index contributed by atoms with van der Waals surface area (Å²) in [5, 5.41) is 9.30. The number of likely N-dealkylation sites (tertiary alicyclic amines) is 1. The normalized spacial score (nSPS) is 35.9. The molecular weight excluding hydrogens is 376 g/mol. The van der Waals surface area contributed by atoms with Gasteiger partial charge in [0.1, 0.15) is 24.2 Å². The zero-order valence-electron chi connectivity index (χ0n) is 16.7. The number of aliphatic hydroxyl groups excluding tert-OH is 1. The SMILES string of the molecule is CCCCN1CC=C[C@]23O[C@@H]4C=CCOC(=O)[C@@H]4[C@H]2C(=O)N(CCCO)C3C1=O.